The van der Waals surface area contributed by atoms with E-state index in [0.29, 0.717) is 5.70 Å². The Morgan fingerprint density at radius 3 is 2.63 bits per heavy atom. The van der Waals surface area contributed by atoms with Gasteiger partial charge >= 0.3 is 17.7 Å². The summed E-state index contributed by atoms with van der Waals surface area (Å²) in [6.45, 7) is 3.55. The molecule has 0 fully saturated rings. The first-order valence-corrected chi connectivity index (χ1v) is 8.34. The Labute approximate surface area is 153 Å². The van der Waals surface area contributed by atoms with Gasteiger partial charge in [0, 0.05) is 14.1 Å². The number of urea groups is 1. The van der Waals surface area contributed by atoms with E-state index in [4.69, 9.17) is 4.74 Å². The zero-order valence-corrected chi connectivity index (χ0v) is 15.4. The largest absolute Gasteiger partial charge is 0.463 e. The molecule has 27 heavy (non-hydrogen) atoms. The van der Waals surface area contributed by atoms with Gasteiger partial charge in [-0.1, -0.05) is 0 Å². The summed E-state index contributed by atoms with van der Waals surface area (Å²) in [5.74, 6) is -0.558. The summed E-state index contributed by atoms with van der Waals surface area (Å²) >= 11 is 0. The number of allylic oxidation sites excluding steroid dienone is 1. The molecule has 2 aromatic rings. The fourth-order valence-corrected chi connectivity index (χ4v) is 3.09. The Balaban J connectivity index is 2.16. The number of rotatable bonds is 4. The van der Waals surface area contributed by atoms with Gasteiger partial charge in [0.1, 0.15) is 0 Å². The van der Waals surface area contributed by atoms with Gasteiger partial charge in [0.25, 0.3) is 5.56 Å². The average Bonchev–Trinajstić information content (AvgIpc) is 3.01. The van der Waals surface area contributed by atoms with Crippen molar-refractivity contribution >= 4 is 23.2 Å². The lowest BCUT2D eigenvalue weighted by Gasteiger charge is -2.26. The van der Waals surface area contributed by atoms with E-state index in [1.807, 2.05) is 0 Å². The number of nitrogens with zero attached hydrogens (tertiary/aromatic N) is 4. The van der Waals surface area contributed by atoms with E-state index in [0.717, 1.165) is 4.57 Å². The highest BCUT2D eigenvalue weighted by Crippen LogP contribution is 2.17. The number of ether oxygens (including phenoxy) is 1. The third-order valence-corrected chi connectivity index (χ3v) is 4.41. The predicted molar refractivity (Wildman–Crippen MR) is 95.0 cm³/mol. The first kappa shape index (κ1) is 18.4. The summed E-state index contributed by atoms with van der Waals surface area (Å²) in [6, 6.07) is -1.02. The van der Waals surface area contributed by atoms with Gasteiger partial charge in [-0.25, -0.2) is 19.4 Å². The van der Waals surface area contributed by atoms with Crippen molar-refractivity contribution in [2.75, 3.05) is 6.61 Å². The molecule has 2 aromatic heterocycles. The number of hydrogen-bond acceptors (Lipinski definition) is 6. The number of imidazole rings is 1. The fourth-order valence-electron chi connectivity index (χ4n) is 3.09. The van der Waals surface area contributed by atoms with E-state index < -0.39 is 29.3 Å². The van der Waals surface area contributed by atoms with Crippen LogP contribution in [0, 0.1) is 0 Å². The molecule has 144 valence electrons. The Bertz CT molecular complexity index is 1090. The minimum Gasteiger partial charge on any atom is -0.463 e. The highest BCUT2D eigenvalue weighted by atomic mass is 16.5. The monoisotopic (exact) mass is 376 g/mol. The second kappa shape index (κ2) is 6.74. The molecule has 0 saturated heterocycles. The summed E-state index contributed by atoms with van der Waals surface area (Å²) in [5.41, 5.74) is -0.0320. The first-order chi connectivity index (χ1) is 12.8. The molecule has 0 radical (unpaired) electrons. The molecule has 1 aliphatic rings. The van der Waals surface area contributed by atoms with Crippen LogP contribution in [0.15, 0.2) is 27.2 Å². The maximum absolute atomic E-state index is 12.6. The standard InChI is InChI=1S/C16H20N6O5/c1-5-27-14(24)10-8(2)18-15(25)19-9(10)6-22-7-17-12-11(22)13(23)21(4)16(26)20(12)3/h7-8H,5-6H2,1-4H3,(H2,18,19,25). The number of aromatic nitrogens is 4. The molecule has 3 rings (SSSR count). The van der Waals surface area contributed by atoms with Crippen molar-refractivity contribution in [3.8, 4) is 0 Å². The smallest absolute Gasteiger partial charge is 0.337 e. The zero-order valence-electron chi connectivity index (χ0n) is 15.4. The molecule has 11 nitrogen and oxygen atoms in total. The summed E-state index contributed by atoms with van der Waals surface area (Å²) in [5, 5.41) is 5.21. The minimum absolute atomic E-state index is 0.00977. The lowest BCUT2D eigenvalue weighted by Crippen LogP contribution is -2.50. The van der Waals surface area contributed by atoms with Crippen molar-refractivity contribution in [3.05, 3.63) is 38.4 Å². The molecule has 1 aliphatic heterocycles. The van der Waals surface area contributed by atoms with Crippen molar-refractivity contribution < 1.29 is 14.3 Å². The van der Waals surface area contributed by atoms with Crippen molar-refractivity contribution in [2.24, 2.45) is 14.1 Å². The Kier molecular flexibility index (Phi) is 4.60. The number of aryl methyl sites for hydroxylation is 1. The van der Waals surface area contributed by atoms with Crippen molar-refractivity contribution in [1.82, 2.24) is 29.3 Å². The molecule has 0 bridgehead atoms. The summed E-state index contributed by atoms with van der Waals surface area (Å²) in [7, 11) is 2.89. The zero-order chi connectivity index (χ0) is 19.9. The lowest BCUT2D eigenvalue weighted by molar-refractivity contribution is -0.139. The second-order valence-corrected chi connectivity index (χ2v) is 6.18. The maximum atomic E-state index is 12.6. The quantitative estimate of drug-likeness (QED) is 0.655. The van der Waals surface area contributed by atoms with Crippen molar-refractivity contribution in [2.45, 2.75) is 26.4 Å². The van der Waals surface area contributed by atoms with Crippen LogP contribution in [0.2, 0.25) is 0 Å². The minimum atomic E-state index is -0.560. The Hall–Kier alpha value is -3.37. The number of amides is 2. The third kappa shape index (κ3) is 3.00. The Morgan fingerprint density at radius 2 is 1.96 bits per heavy atom. The third-order valence-electron chi connectivity index (χ3n) is 4.41. The van der Waals surface area contributed by atoms with Crippen LogP contribution in [0.3, 0.4) is 0 Å². The van der Waals surface area contributed by atoms with Gasteiger partial charge in [-0.3, -0.25) is 13.9 Å². The second-order valence-electron chi connectivity index (χ2n) is 6.18. The molecule has 0 aromatic carbocycles. The average molecular weight is 376 g/mol. The van der Waals surface area contributed by atoms with Crippen LogP contribution in [0.1, 0.15) is 13.8 Å². The van der Waals surface area contributed by atoms with E-state index >= 15 is 0 Å². The van der Waals surface area contributed by atoms with E-state index in [1.54, 1.807) is 13.8 Å². The van der Waals surface area contributed by atoms with E-state index in [-0.39, 0.29) is 29.9 Å². The lowest BCUT2D eigenvalue weighted by atomic mass is 10.0. The van der Waals surface area contributed by atoms with Gasteiger partial charge in [0.2, 0.25) is 0 Å². The highest BCUT2D eigenvalue weighted by Gasteiger charge is 2.30. The first-order valence-electron chi connectivity index (χ1n) is 8.34. The van der Waals surface area contributed by atoms with Crippen LogP contribution in [0.4, 0.5) is 4.79 Å². The molecule has 0 saturated carbocycles. The van der Waals surface area contributed by atoms with Crippen LogP contribution in [0.25, 0.3) is 11.2 Å². The molecule has 11 heteroatoms. The Morgan fingerprint density at radius 1 is 1.26 bits per heavy atom. The number of carbonyl (C=O) groups is 2. The van der Waals surface area contributed by atoms with Crippen molar-refractivity contribution in [1.29, 1.82) is 0 Å². The van der Waals surface area contributed by atoms with Gasteiger partial charge in [-0.05, 0) is 13.8 Å². The SMILES string of the molecule is CCOC(=O)C1=C(Cn2cnc3c2c(=O)n(C)c(=O)n3C)NC(=O)NC1C. The van der Waals surface area contributed by atoms with E-state index in [9.17, 15) is 19.2 Å². The van der Waals surface area contributed by atoms with Crippen LogP contribution < -0.4 is 21.9 Å². The molecule has 2 amide bonds. The van der Waals surface area contributed by atoms with Crippen LogP contribution in [-0.2, 0) is 30.2 Å². The fraction of sp³-hybridized carbons (Fsp3) is 0.438. The van der Waals surface area contributed by atoms with Gasteiger partial charge in [-0.2, -0.15) is 0 Å². The number of esters is 1. The number of fused-ring (bicyclic) bond motifs is 1. The van der Waals surface area contributed by atoms with Gasteiger partial charge in [-0.15, -0.1) is 0 Å². The predicted octanol–water partition coefficient (Wildman–Crippen LogP) is -1.05. The highest BCUT2D eigenvalue weighted by molar-refractivity contribution is 5.94. The van der Waals surface area contributed by atoms with Gasteiger partial charge < -0.3 is 19.9 Å². The number of nitrogens with one attached hydrogen (secondary N) is 2. The number of carbonyl (C=O) groups excluding carboxylic acids is 2. The van der Waals surface area contributed by atoms with Crippen LogP contribution >= 0.6 is 0 Å². The summed E-state index contributed by atoms with van der Waals surface area (Å²) < 4.78 is 8.81. The van der Waals surface area contributed by atoms with E-state index in [2.05, 4.69) is 15.6 Å². The molecule has 0 spiro atoms. The van der Waals surface area contributed by atoms with Gasteiger partial charge in [0.15, 0.2) is 11.2 Å². The molecular formula is C16H20N6O5. The molecule has 1 atom stereocenters. The summed E-state index contributed by atoms with van der Waals surface area (Å²) in [4.78, 5) is 52.9. The maximum Gasteiger partial charge on any atom is 0.337 e. The van der Waals surface area contributed by atoms with Gasteiger partial charge in [0.05, 0.1) is 36.8 Å². The topological polar surface area (TPSA) is 129 Å². The molecule has 3 heterocycles. The molecule has 2 N–H and O–H groups in total. The molecule has 0 aliphatic carbocycles. The normalized spacial score (nSPS) is 17.0. The summed E-state index contributed by atoms with van der Waals surface area (Å²) in [6.07, 6.45) is 1.39. The number of hydrogen-bond donors (Lipinski definition) is 2. The van der Waals surface area contributed by atoms with E-state index in [1.165, 1.54) is 29.6 Å². The van der Waals surface area contributed by atoms with Crippen molar-refractivity contribution in [3.63, 3.8) is 0 Å². The van der Waals surface area contributed by atoms with Crippen LogP contribution in [-0.4, -0.2) is 43.3 Å². The molecular weight excluding hydrogens is 356 g/mol. The van der Waals surface area contributed by atoms with Crippen LogP contribution in [0.5, 0.6) is 0 Å². The molecule has 1 unspecified atom stereocenters.